The fourth-order valence-electron chi connectivity index (χ4n) is 8.43. The third-order valence-electron chi connectivity index (χ3n) is 10.4. The molecule has 0 heterocycles. The van der Waals surface area contributed by atoms with Gasteiger partial charge in [0.15, 0.2) is 0 Å². The molecule has 2 aromatic carbocycles. The largest absolute Gasteiger partial charge is 0.0732 e. The molecule has 220 valence electrons. The van der Waals surface area contributed by atoms with Crippen LogP contribution in [0, 0.1) is 23.7 Å². The van der Waals surface area contributed by atoms with Crippen molar-refractivity contribution < 1.29 is 0 Å². The molecule has 0 radical (unpaired) electrons. The van der Waals surface area contributed by atoms with Gasteiger partial charge in [-0.2, -0.15) is 0 Å². The molecule has 43 heavy (non-hydrogen) atoms. The molecule has 0 N–H and O–H groups in total. The van der Waals surface area contributed by atoms with Crippen LogP contribution in [0.4, 0.5) is 0 Å². The van der Waals surface area contributed by atoms with Crippen molar-refractivity contribution in [3.05, 3.63) is 154 Å². The van der Waals surface area contributed by atoms with E-state index >= 15 is 0 Å². The van der Waals surface area contributed by atoms with Gasteiger partial charge in [-0.25, -0.2) is 0 Å². The van der Waals surface area contributed by atoms with E-state index in [1.165, 1.54) is 44.6 Å². The zero-order valence-electron chi connectivity index (χ0n) is 27.4. The highest BCUT2D eigenvalue weighted by molar-refractivity contribution is 6.82. The van der Waals surface area contributed by atoms with Crippen LogP contribution in [-0.2, 0) is 0 Å². The van der Waals surface area contributed by atoms with Crippen LogP contribution in [0.3, 0.4) is 0 Å². The second-order valence-corrected chi connectivity index (χ2v) is 19.3. The molecule has 0 bridgehead atoms. The fraction of sp³-hybridized carbons (Fsp3) is 0.333. The van der Waals surface area contributed by atoms with Gasteiger partial charge in [-0.1, -0.05) is 164 Å². The summed E-state index contributed by atoms with van der Waals surface area (Å²) >= 11 is 0. The van der Waals surface area contributed by atoms with Crippen LogP contribution >= 0.6 is 0 Å². The quantitative estimate of drug-likeness (QED) is 0.298. The smallest absolute Gasteiger partial charge is 0.0642 e. The van der Waals surface area contributed by atoms with Crippen molar-refractivity contribution in [1.82, 2.24) is 0 Å². The fourth-order valence-corrected chi connectivity index (χ4v) is 13.8. The second kappa shape index (κ2) is 11.6. The third kappa shape index (κ3) is 5.31. The van der Waals surface area contributed by atoms with E-state index in [1.807, 2.05) is 0 Å². The lowest BCUT2D eigenvalue weighted by Gasteiger charge is -2.42. The van der Waals surface area contributed by atoms with Gasteiger partial charge < -0.3 is 0 Å². The Morgan fingerprint density at radius 3 is 1.23 bits per heavy atom. The molecule has 0 amide bonds. The number of rotatable bonds is 6. The Labute approximate surface area is 261 Å². The molecule has 0 fully saturated rings. The molecule has 4 atom stereocenters. The summed E-state index contributed by atoms with van der Waals surface area (Å²) in [5.41, 5.74) is 15.5. The lowest BCUT2D eigenvalue weighted by atomic mass is 9.92. The van der Waals surface area contributed by atoms with Gasteiger partial charge in [0.1, 0.15) is 0 Å². The number of hydrogen-bond acceptors (Lipinski definition) is 0. The number of benzene rings is 2. The topological polar surface area (TPSA) is 0 Å². The van der Waals surface area contributed by atoms with Crippen LogP contribution in [0.2, 0.25) is 24.2 Å². The Kier molecular flexibility index (Phi) is 7.98. The Balaban J connectivity index is 1.44. The molecule has 0 aromatic heterocycles. The van der Waals surface area contributed by atoms with Crippen molar-refractivity contribution in [3.8, 4) is 0 Å². The number of allylic oxidation sites excluding steroid dienone is 16. The zero-order valence-corrected chi connectivity index (χ0v) is 28.4. The number of hydrogen-bond donors (Lipinski definition) is 0. The summed E-state index contributed by atoms with van der Waals surface area (Å²) in [6.45, 7) is 19.6. The highest BCUT2D eigenvalue weighted by Crippen LogP contribution is 2.60. The van der Waals surface area contributed by atoms with Gasteiger partial charge in [-0.05, 0) is 90.5 Å². The summed E-state index contributed by atoms with van der Waals surface area (Å²) in [5, 5.41) is 0. The van der Waals surface area contributed by atoms with Crippen LogP contribution in [0.1, 0.15) is 52.7 Å². The normalized spacial score (nSPS) is 25.3. The third-order valence-corrected chi connectivity index (χ3v) is 15.3. The molecular formula is C42H48Si. The van der Waals surface area contributed by atoms with Crippen molar-refractivity contribution >= 4 is 19.2 Å². The van der Waals surface area contributed by atoms with Gasteiger partial charge in [-0.3, -0.25) is 0 Å². The summed E-state index contributed by atoms with van der Waals surface area (Å²) in [5.74, 6) is 1.99. The molecule has 0 nitrogen and oxygen atoms in total. The summed E-state index contributed by atoms with van der Waals surface area (Å²) in [6.07, 6.45) is 20.1. The second-order valence-electron chi connectivity index (χ2n) is 14.4. The lowest BCUT2D eigenvalue weighted by molar-refractivity contribution is 0.670. The lowest BCUT2D eigenvalue weighted by Crippen LogP contribution is -2.42. The molecule has 0 spiro atoms. The van der Waals surface area contributed by atoms with E-state index in [-0.39, 0.29) is 0 Å². The minimum atomic E-state index is -1.94. The first-order chi connectivity index (χ1) is 20.6. The minimum absolute atomic E-state index is 0.485. The van der Waals surface area contributed by atoms with Crippen molar-refractivity contribution in [2.45, 2.75) is 65.7 Å². The standard InChI is InChI=1S/C42H48Si/c1-27(2)33-19-21-35-39(37(25-33)31-15-11-9-12-16-31)23-29(5)41(35)43(7,8)42-30(6)24-40-36(42)22-20-34(28(3)4)26-38(40)32-17-13-10-14-18-32/h9-30,41-42H,1-8H3. The molecule has 0 saturated heterocycles. The Morgan fingerprint density at radius 2 is 0.884 bits per heavy atom. The molecule has 0 saturated carbocycles. The van der Waals surface area contributed by atoms with E-state index in [4.69, 9.17) is 0 Å². The minimum Gasteiger partial charge on any atom is -0.0732 e. The molecule has 6 rings (SSSR count). The molecule has 4 aliphatic carbocycles. The molecule has 1 heteroatoms. The molecule has 4 unspecified atom stereocenters. The first-order valence-electron chi connectivity index (χ1n) is 16.4. The van der Waals surface area contributed by atoms with Crippen molar-refractivity contribution in [2.24, 2.45) is 23.7 Å². The van der Waals surface area contributed by atoms with Crippen LogP contribution in [0.25, 0.3) is 11.1 Å². The van der Waals surface area contributed by atoms with Crippen LogP contribution in [0.15, 0.2) is 143 Å². The highest BCUT2D eigenvalue weighted by atomic mass is 28.3. The van der Waals surface area contributed by atoms with E-state index < -0.39 is 8.07 Å². The van der Waals surface area contributed by atoms with Crippen molar-refractivity contribution in [1.29, 1.82) is 0 Å². The van der Waals surface area contributed by atoms with E-state index in [1.54, 1.807) is 11.1 Å². The SMILES string of the molecule is CC(C)C1=CC=C2C(=CC(C)C2[Si](C)(C)C2C3=CC=C(C(C)C)C=C(c4ccccc4)C3=CC2C)C(c2ccccc2)=C1. The van der Waals surface area contributed by atoms with Crippen molar-refractivity contribution in [3.63, 3.8) is 0 Å². The molecular weight excluding hydrogens is 533 g/mol. The highest BCUT2D eigenvalue weighted by Gasteiger charge is 2.51. The Morgan fingerprint density at radius 1 is 0.512 bits per heavy atom. The van der Waals surface area contributed by atoms with Crippen LogP contribution in [0.5, 0.6) is 0 Å². The van der Waals surface area contributed by atoms with Gasteiger partial charge in [0.25, 0.3) is 0 Å². The monoisotopic (exact) mass is 580 g/mol. The van der Waals surface area contributed by atoms with E-state index in [9.17, 15) is 0 Å². The predicted octanol–water partition coefficient (Wildman–Crippen LogP) is 11.8. The van der Waals surface area contributed by atoms with Gasteiger partial charge in [0, 0.05) is 0 Å². The van der Waals surface area contributed by atoms with Crippen LogP contribution < -0.4 is 0 Å². The van der Waals surface area contributed by atoms with Gasteiger partial charge in [-0.15, -0.1) is 0 Å². The predicted molar refractivity (Wildman–Crippen MR) is 190 cm³/mol. The first kappa shape index (κ1) is 29.6. The zero-order chi connectivity index (χ0) is 30.5. The molecule has 4 aliphatic rings. The van der Waals surface area contributed by atoms with Gasteiger partial charge >= 0.3 is 0 Å². The average Bonchev–Trinajstić information content (AvgIpc) is 3.34. The Hall–Kier alpha value is -3.42. The molecule has 2 aromatic rings. The van der Waals surface area contributed by atoms with E-state index in [2.05, 4.69) is 164 Å². The Bertz CT molecular complexity index is 1520. The van der Waals surface area contributed by atoms with E-state index in [0.717, 1.165) is 0 Å². The van der Waals surface area contributed by atoms with E-state index in [0.29, 0.717) is 34.8 Å². The molecule has 0 aliphatic heterocycles. The average molecular weight is 581 g/mol. The maximum Gasteiger partial charge on any atom is 0.0642 e. The number of fused-ring (bicyclic) bond motifs is 2. The van der Waals surface area contributed by atoms with Gasteiger partial charge in [0.2, 0.25) is 0 Å². The maximum atomic E-state index is 2.69. The summed E-state index contributed by atoms with van der Waals surface area (Å²) in [4.78, 5) is 0. The summed E-state index contributed by atoms with van der Waals surface area (Å²) in [7, 11) is -1.94. The van der Waals surface area contributed by atoms with Crippen molar-refractivity contribution in [2.75, 3.05) is 0 Å². The van der Waals surface area contributed by atoms with Crippen LogP contribution in [-0.4, -0.2) is 8.07 Å². The first-order valence-corrected chi connectivity index (χ1v) is 19.6. The summed E-state index contributed by atoms with van der Waals surface area (Å²) in [6, 6.07) is 22.1. The van der Waals surface area contributed by atoms with Gasteiger partial charge in [0.05, 0.1) is 8.07 Å². The maximum absolute atomic E-state index is 2.69. The summed E-state index contributed by atoms with van der Waals surface area (Å²) < 4.78 is 0.